The number of hydrogen-bond acceptors (Lipinski definition) is 5. The Hall–Kier alpha value is -1.53. The number of unbranched alkanes of at least 4 members (excludes halogenated alkanes) is 1. The van der Waals surface area contributed by atoms with Crippen LogP contribution in [0.5, 0.6) is 0 Å². The van der Waals surface area contributed by atoms with E-state index in [4.69, 9.17) is 0 Å². The van der Waals surface area contributed by atoms with Gasteiger partial charge in [0, 0.05) is 23.0 Å². The van der Waals surface area contributed by atoms with E-state index in [-0.39, 0.29) is 23.2 Å². The Morgan fingerprint density at radius 2 is 2.04 bits per heavy atom. The predicted octanol–water partition coefficient (Wildman–Crippen LogP) is 1.99. The van der Waals surface area contributed by atoms with Crippen LogP contribution < -0.4 is 5.32 Å². The molecule has 1 aliphatic heterocycles. The number of aliphatic hydroxyl groups is 1. The SMILES string of the molecule is COC(=O)CCCC[C@@H]1SC[C@H](NC(=O)c2ccccc2)[C@H]1O. The zero-order valence-corrected chi connectivity index (χ0v) is 14.1. The molecule has 1 fully saturated rings. The average molecular weight is 337 g/mol. The number of carbonyl (C=O) groups is 2. The summed E-state index contributed by atoms with van der Waals surface area (Å²) in [6, 6.07) is 8.79. The molecule has 23 heavy (non-hydrogen) atoms. The van der Waals surface area contributed by atoms with Gasteiger partial charge in [0.25, 0.3) is 5.91 Å². The van der Waals surface area contributed by atoms with E-state index in [2.05, 4.69) is 10.1 Å². The van der Waals surface area contributed by atoms with Gasteiger partial charge in [-0.1, -0.05) is 24.6 Å². The van der Waals surface area contributed by atoms with E-state index >= 15 is 0 Å². The van der Waals surface area contributed by atoms with Crippen molar-refractivity contribution < 1.29 is 19.4 Å². The van der Waals surface area contributed by atoms with E-state index in [1.54, 1.807) is 23.9 Å². The van der Waals surface area contributed by atoms with Crippen molar-refractivity contribution >= 4 is 23.6 Å². The molecular weight excluding hydrogens is 314 g/mol. The first-order valence-corrected chi connectivity index (χ1v) is 8.89. The Labute approximate surface area is 140 Å². The first kappa shape index (κ1) is 17.8. The minimum Gasteiger partial charge on any atom is -0.469 e. The molecule has 2 N–H and O–H groups in total. The molecule has 1 aliphatic rings. The van der Waals surface area contributed by atoms with E-state index in [9.17, 15) is 14.7 Å². The molecule has 1 heterocycles. The fourth-order valence-electron chi connectivity index (χ4n) is 2.62. The number of thioether (sulfide) groups is 1. The highest BCUT2D eigenvalue weighted by Gasteiger charge is 2.35. The lowest BCUT2D eigenvalue weighted by Gasteiger charge is -2.19. The van der Waals surface area contributed by atoms with Gasteiger partial charge in [0.1, 0.15) is 0 Å². The molecule has 0 radical (unpaired) electrons. The molecule has 5 nitrogen and oxygen atoms in total. The van der Waals surface area contributed by atoms with Crippen molar-refractivity contribution in [2.45, 2.75) is 43.1 Å². The lowest BCUT2D eigenvalue weighted by Crippen LogP contribution is -2.44. The molecule has 0 unspecified atom stereocenters. The van der Waals surface area contributed by atoms with E-state index in [1.165, 1.54) is 7.11 Å². The van der Waals surface area contributed by atoms with Gasteiger partial charge in [-0.25, -0.2) is 0 Å². The smallest absolute Gasteiger partial charge is 0.305 e. The highest BCUT2D eigenvalue weighted by Crippen LogP contribution is 2.31. The minimum atomic E-state index is -0.550. The maximum absolute atomic E-state index is 12.1. The minimum absolute atomic E-state index is 0.105. The van der Waals surface area contributed by atoms with E-state index in [0.29, 0.717) is 17.7 Å². The second-order valence-electron chi connectivity index (χ2n) is 5.63. The van der Waals surface area contributed by atoms with Crippen molar-refractivity contribution in [2.24, 2.45) is 0 Å². The molecule has 6 heteroatoms. The Bertz CT molecular complexity index is 523. The van der Waals surface area contributed by atoms with Crippen LogP contribution in [0.25, 0.3) is 0 Å². The summed E-state index contributed by atoms with van der Waals surface area (Å²) in [5, 5.41) is 13.4. The van der Waals surface area contributed by atoms with Gasteiger partial charge in [0.2, 0.25) is 0 Å². The van der Waals surface area contributed by atoms with Crippen LogP contribution in [0, 0.1) is 0 Å². The van der Waals surface area contributed by atoms with Crippen LogP contribution in [0.4, 0.5) is 0 Å². The number of aliphatic hydroxyl groups excluding tert-OH is 1. The first-order chi connectivity index (χ1) is 11.1. The fraction of sp³-hybridized carbons (Fsp3) is 0.529. The molecule has 2 rings (SSSR count). The highest BCUT2D eigenvalue weighted by atomic mass is 32.2. The molecule has 0 saturated carbocycles. The second-order valence-corrected chi connectivity index (χ2v) is 6.90. The number of benzene rings is 1. The molecule has 1 aromatic carbocycles. The number of ether oxygens (including phenoxy) is 1. The van der Waals surface area contributed by atoms with Crippen molar-refractivity contribution in [3.05, 3.63) is 35.9 Å². The molecule has 1 amide bonds. The maximum Gasteiger partial charge on any atom is 0.305 e. The van der Waals surface area contributed by atoms with Gasteiger partial charge in [-0.15, -0.1) is 0 Å². The van der Waals surface area contributed by atoms with E-state index in [0.717, 1.165) is 19.3 Å². The molecule has 1 aromatic rings. The van der Waals surface area contributed by atoms with Gasteiger partial charge < -0.3 is 15.2 Å². The summed E-state index contributed by atoms with van der Waals surface area (Å²) in [6.07, 6.45) is 2.32. The Morgan fingerprint density at radius 1 is 1.30 bits per heavy atom. The normalized spacial score (nSPS) is 23.5. The van der Waals surface area contributed by atoms with Gasteiger partial charge in [0.05, 0.1) is 19.3 Å². The molecule has 1 saturated heterocycles. The van der Waals surface area contributed by atoms with Crippen molar-refractivity contribution in [1.29, 1.82) is 0 Å². The summed E-state index contributed by atoms with van der Waals surface area (Å²) in [5.41, 5.74) is 0.603. The van der Waals surface area contributed by atoms with Crippen molar-refractivity contribution in [2.75, 3.05) is 12.9 Å². The van der Waals surface area contributed by atoms with Crippen LogP contribution in [0.1, 0.15) is 36.0 Å². The quantitative estimate of drug-likeness (QED) is 0.588. The molecule has 0 aromatic heterocycles. The van der Waals surface area contributed by atoms with Crippen LogP contribution in [-0.4, -0.2) is 47.2 Å². The van der Waals surface area contributed by atoms with Gasteiger partial charge in [-0.3, -0.25) is 9.59 Å². The molecule has 0 spiro atoms. The molecule has 0 bridgehead atoms. The third-order valence-electron chi connectivity index (χ3n) is 3.98. The van der Waals surface area contributed by atoms with Crippen molar-refractivity contribution in [3.63, 3.8) is 0 Å². The van der Waals surface area contributed by atoms with Crippen LogP contribution in [0.15, 0.2) is 30.3 Å². The van der Waals surface area contributed by atoms with Gasteiger partial charge >= 0.3 is 5.97 Å². The van der Waals surface area contributed by atoms with E-state index < -0.39 is 6.10 Å². The lowest BCUT2D eigenvalue weighted by molar-refractivity contribution is -0.140. The molecule has 3 atom stereocenters. The third-order valence-corrected chi connectivity index (χ3v) is 5.48. The van der Waals surface area contributed by atoms with Crippen LogP contribution in [0.3, 0.4) is 0 Å². The lowest BCUT2D eigenvalue weighted by atomic mass is 10.0. The monoisotopic (exact) mass is 337 g/mol. The maximum atomic E-state index is 12.1. The number of nitrogens with one attached hydrogen (secondary N) is 1. The highest BCUT2D eigenvalue weighted by molar-refractivity contribution is 8.00. The number of rotatable bonds is 7. The number of hydrogen-bond donors (Lipinski definition) is 2. The van der Waals surface area contributed by atoms with Gasteiger partial charge in [-0.2, -0.15) is 11.8 Å². The summed E-state index contributed by atoms with van der Waals surface area (Å²) in [5.74, 6) is 0.362. The van der Waals surface area contributed by atoms with Crippen LogP contribution >= 0.6 is 11.8 Å². The second kappa shape index (κ2) is 8.93. The summed E-state index contributed by atoms with van der Waals surface area (Å²) >= 11 is 1.68. The van der Waals surface area contributed by atoms with Crippen molar-refractivity contribution in [1.82, 2.24) is 5.32 Å². The predicted molar refractivity (Wildman–Crippen MR) is 90.4 cm³/mol. The van der Waals surface area contributed by atoms with Crippen molar-refractivity contribution in [3.8, 4) is 0 Å². The summed E-state index contributed by atoms with van der Waals surface area (Å²) in [7, 11) is 1.39. The third kappa shape index (κ3) is 5.25. The average Bonchev–Trinajstić information content (AvgIpc) is 2.92. The molecule has 126 valence electrons. The van der Waals surface area contributed by atoms with E-state index in [1.807, 2.05) is 18.2 Å². The number of methoxy groups -OCH3 is 1. The summed E-state index contributed by atoms with van der Waals surface area (Å²) in [4.78, 5) is 23.2. The Morgan fingerprint density at radius 3 is 2.74 bits per heavy atom. The summed E-state index contributed by atoms with van der Waals surface area (Å²) < 4.78 is 4.61. The largest absolute Gasteiger partial charge is 0.469 e. The Balaban J connectivity index is 1.74. The van der Waals surface area contributed by atoms with Crippen LogP contribution in [0.2, 0.25) is 0 Å². The fourth-order valence-corrected chi connectivity index (χ4v) is 4.08. The summed E-state index contributed by atoms with van der Waals surface area (Å²) in [6.45, 7) is 0. The first-order valence-electron chi connectivity index (χ1n) is 7.84. The van der Waals surface area contributed by atoms with Gasteiger partial charge in [-0.05, 0) is 25.0 Å². The number of esters is 1. The zero-order chi connectivity index (χ0) is 16.7. The standard InChI is InChI=1S/C17H23NO4S/c1-22-15(19)10-6-5-9-14-16(20)13(11-23-14)18-17(21)12-7-3-2-4-8-12/h2-4,7-8,13-14,16,20H,5-6,9-11H2,1H3,(H,18,21)/t13-,14-,16+/m0/s1. The molecular formula is C17H23NO4S. The molecule has 0 aliphatic carbocycles. The van der Waals surface area contributed by atoms with Crippen LogP contribution in [-0.2, 0) is 9.53 Å². The number of amides is 1. The van der Waals surface area contributed by atoms with Gasteiger partial charge in [0.15, 0.2) is 0 Å². The zero-order valence-electron chi connectivity index (χ0n) is 13.2. The topological polar surface area (TPSA) is 75.6 Å². The Kier molecular flexibility index (Phi) is 6.92. The number of carbonyl (C=O) groups excluding carboxylic acids is 2.